The van der Waals surface area contributed by atoms with Crippen LogP contribution in [0, 0.1) is 11.8 Å². The quantitative estimate of drug-likeness (QED) is 0.675. The van der Waals surface area contributed by atoms with Crippen LogP contribution in [0.5, 0.6) is 0 Å². The summed E-state index contributed by atoms with van der Waals surface area (Å²) in [4.78, 5) is 11.5. The molecule has 0 radical (unpaired) electrons. The van der Waals surface area contributed by atoms with Gasteiger partial charge in [0.05, 0.1) is 5.60 Å². The topological polar surface area (TPSA) is 46.5 Å². The zero-order valence-corrected chi connectivity index (χ0v) is 9.75. The van der Waals surface area contributed by atoms with E-state index in [9.17, 15) is 9.90 Å². The molecule has 0 aromatic rings. The Morgan fingerprint density at radius 1 is 1.53 bits per heavy atom. The molecule has 0 amide bonds. The highest BCUT2D eigenvalue weighted by molar-refractivity contribution is 5.71. The largest absolute Gasteiger partial charge is 0.459 e. The van der Waals surface area contributed by atoms with Crippen molar-refractivity contribution < 1.29 is 14.6 Å². The molecule has 86 valence electrons. The maximum atomic E-state index is 11.5. The first-order valence-corrected chi connectivity index (χ1v) is 5.74. The van der Waals surface area contributed by atoms with Gasteiger partial charge in [0, 0.05) is 6.42 Å². The second-order valence-electron chi connectivity index (χ2n) is 5.89. The molecule has 0 unspecified atom stereocenters. The molecule has 0 aromatic heterocycles. The molecule has 2 fully saturated rings. The molecule has 3 atom stereocenters. The summed E-state index contributed by atoms with van der Waals surface area (Å²) in [7, 11) is 0. The monoisotopic (exact) mass is 212 g/mol. The number of rotatable bonds is 1. The van der Waals surface area contributed by atoms with Gasteiger partial charge in [-0.05, 0) is 51.9 Å². The lowest BCUT2D eigenvalue weighted by molar-refractivity contribution is -0.185. The number of fused-ring (bicyclic) bond motifs is 2. The minimum atomic E-state index is -0.677. The summed E-state index contributed by atoms with van der Waals surface area (Å²) < 4.78 is 5.39. The van der Waals surface area contributed by atoms with Crippen LogP contribution >= 0.6 is 0 Å². The molecule has 15 heavy (non-hydrogen) atoms. The summed E-state index contributed by atoms with van der Waals surface area (Å²) in [5, 5.41) is 10.1. The molecule has 1 saturated carbocycles. The zero-order chi connectivity index (χ0) is 11.3. The lowest BCUT2D eigenvalue weighted by atomic mass is 9.64. The fraction of sp³-hybridized carbons (Fsp3) is 0.917. The van der Waals surface area contributed by atoms with Crippen molar-refractivity contribution in [1.82, 2.24) is 0 Å². The van der Waals surface area contributed by atoms with Crippen LogP contribution in [0.2, 0.25) is 0 Å². The van der Waals surface area contributed by atoms with Gasteiger partial charge in [-0.3, -0.25) is 4.79 Å². The maximum absolute atomic E-state index is 11.5. The number of ether oxygens (including phenoxy) is 1. The van der Waals surface area contributed by atoms with E-state index in [1.807, 2.05) is 20.8 Å². The molecule has 2 rings (SSSR count). The molecule has 0 spiro atoms. The van der Waals surface area contributed by atoms with Crippen molar-refractivity contribution >= 4 is 5.97 Å². The van der Waals surface area contributed by atoms with Crippen molar-refractivity contribution in [1.29, 1.82) is 0 Å². The van der Waals surface area contributed by atoms with Crippen LogP contribution in [0.15, 0.2) is 0 Å². The summed E-state index contributed by atoms with van der Waals surface area (Å²) >= 11 is 0. The standard InChI is InChI=1S/C12H20O3/c1-11(2,14)9-4-5-12(3)7-8(9)6-10(13)15-12/h8-9,14H,4-7H2,1-3H3/t8-,9-,12+/m1/s1. The molecule has 1 aliphatic heterocycles. The molecule has 2 aliphatic rings. The van der Waals surface area contributed by atoms with Gasteiger partial charge in [0.25, 0.3) is 0 Å². The lowest BCUT2D eigenvalue weighted by Crippen LogP contribution is -2.51. The Kier molecular flexibility index (Phi) is 2.34. The molecular formula is C12H20O3. The molecule has 3 nitrogen and oxygen atoms in total. The molecule has 1 N–H and O–H groups in total. The van der Waals surface area contributed by atoms with Crippen LogP contribution in [0.4, 0.5) is 0 Å². The van der Waals surface area contributed by atoms with E-state index in [-0.39, 0.29) is 17.5 Å². The smallest absolute Gasteiger partial charge is 0.306 e. The molecular weight excluding hydrogens is 192 g/mol. The number of hydrogen-bond donors (Lipinski definition) is 1. The maximum Gasteiger partial charge on any atom is 0.306 e. The van der Waals surface area contributed by atoms with Crippen LogP contribution < -0.4 is 0 Å². The summed E-state index contributed by atoms with van der Waals surface area (Å²) in [5.41, 5.74) is -0.939. The van der Waals surface area contributed by atoms with E-state index >= 15 is 0 Å². The molecule has 3 heteroatoms. The second kappa shape index (κ2) is 3.21. The summed E-state index contributed by atoms with van der Waals surface area (Å²) in [5.74, 6) is 0.436. The second-order valence-corrected chi connectivity index (χ2v) is 5.89. The van der Waals surface area contributed by atoms with Crippen molar-refractivity contribution in [3.8, 4) is 0 Å². The van der Waals surface area contributed by atoms with Crippen LogP contribution in [0.25, 0.3) is 0 Å². The number of carbonyl (C=O) groups excluding carboxylic acids is 1. The Morgan fingerprint density at radius 2 is 2.20 bits per heavy atom. The van der Waals surface area contributed by atoms with E-state index in [0.717, 1.165) is 19.3 Å². The van der Waals surface area contributed by atoms with Crippen LogP contribution in [-0.2, 0) is 9.53 Å². The first kappa shape index (κ1) is 10.9. The van der Waals surface area contributed by atoms with Crippen molar-refractivity contribution in [2.24, 2.45) is 11.8 Å². The van der Waals surface area contributed by atoms with Crippen LogP contribution in [-0.4, -0.2) is 22.3 Å². The predicted molar refractivity (Wildman–Crippen MR) is 56.2 cm³/mol. The van der Waals surface area contributed by atoms with Crippen molar-refractivity contribution in [2.45, 2.75) is 57.7 Å². The first-order valence-electron chi connectivity index (χ1n) is 5.74. The van der Waals surface area contributed by atoms with Gasteiger partial charge in [-0.1, -0.05) is 0 Å². The average Bonchev–Trinajstić information content (AvgIpc) is 1.97. The Labute approximate surface area is 90.8 Å². The third-order valence-electron chi connectivity index (χ3n) is 3.94. The molecule has 2 bridgehead atoms. The van der Waals surface area contributed by atoms with Gasteiger partial charge in [-0.15, -0.1) is 0 Å². The highest BCUT2D eigenvalue weighted by atomic mass is 16.6. The van der Waals surface area contributed by atoms with E-state index < -0.39 is 5.60 Å². The van der Waals surface area contributed by atoms with Gasteiger partial charge in [0.15, 0.2) is 0 Å². The number of hydrogen-bond acceptors (Lipinski definition) is 3. The molecule has 1 heterocycles. The first-order chi connectivity index (χ1) is 6.80. The summed E-state index contributed by atoms with van der Waals surface area (Å²) in [6.07, 6.45) is 3.22. The van der Waals surface area contributed by atoms with Gasteiger partial charge in [-0.25, -0.2) is 0 Å². The third-order valence-corrected chi connectivity index (χ3v) is 3.94. The zero-order valence-electron chi connectivity index (χ0n) is 9.75. The minimum Gasteiger partial charge on any atom is -0.459 e. The normalized spacial score (nSPS) is 41.2. The van der Waals surface area contributed by atoms with E-state index in [4.69, 9.17) is 4.74 Å². The Bertz CT molecular complexity index is 279. The van der Waals surface area contributed by atoms with E-state index in [0.29, 0.717) is 12.3 Å². The van der Waals surface area contributed by atoms with Gasteiger partial charge in [0.1, 0.15) is 5.60 Å². The number of carbonyl (C=O) groups is 1. The minimum absolute atomic E-state index is 0.0947. The van der Waals surface area contributed by atoms with Gasteiger partial charge in [0.2, 0.25) is 0 Å². The number of esters is 1. The van der Waals surface area contributed by atoms with E-state index in [2.05, 4.69) is 0 Å². The molecule has 1 aliphatic carbocycles. The summed E-state index contributed by atoms with van der Waals surface area (Å²) in [6.45, 7) is 5.71. The molecule has 1 saturated heterocycles. The van der Waals surface area contributed by atoms with Crippen LogP contribution in [0.1, 0.15) is 46.5 Å². The van der Waals surface area contributed by atoms with Crippen molar-refractivity contribution in [3.63, 3.8) is 0 Å². The van der Waals surface area contributed by atoms with E-state index in [1.54, 1.807) is 0 Å². The van der Waals surface area contributed by atoms with Gasteiger partial charge >= 0.3 is 5.97 Å². The fourth-order valence-electron chi connectivity index (χ4n) is 3.26. The van der Waals surface area contributed by atoms with Crippen LogP contribution in [0.3, 0.4) is 0 Å². The predicted octanol–water partition coefficient (Wildman–Crippen LogP) is 1.88. The highest BCUT2D eigenvalue weighted by Gasteiger charge is 2.48. The lowest BCUT2D eigenvalue weighted by Gasteiger charge is -2.49. The highest BCUT2D eigenvalue weighted by Crippen LogP contribution is 2.47. The molecule has 0 aromatic carbocycles. The van der Waals surface area contributed by atoms with Gasteiger partial charge < -0.3 is 9.84 Å². The average molecular weight is 212 g/mol. The number of aliphatic hydroxyl groups is 1. The fourth-order valence-corrected chi connectivity index (χ4v) is 3.26. The van der Waals surface area contributed by atoms with Gasteiger partial charge in [-0.2, -0.15) is 0 Å². The Morgan fingerprint density at radius 3 is 2.80 bits per heavy atom. The van der Waals surface area contributed by atoms with Crippen molar-refractivity contribution in [2.75, 3.05) is 0 Å². The Balaban J connectivity index is 2.19. The third kappa shape index (κ3) is 2.03. The summed E-state index contributed by atoms with van der Waals surface area (Å²) in [6, 6.07) is 0. The Hall–Kier alpha value is -0.570. The SMILES string of the molecule is CC(C)(O)[C@@H]1CC[C@@]2(C)C[C@H]1CC(=O)O2. The van der Waals surface area contributed by atoms with Crippen molar-refractivity contribution in [3.05, 3.63) is 0 Å². The van der Waals surface area contributed by atoms with E-state index in [1.165, 1.54) is 0 Å².